The largest absolute Gasteiger partial charge is 0.417 e. The van der Waals surface area contributed by atoms with Gasteiger partial charge in [-0.25, -0.2) is 5.43 Å². The molecule has 0 amide bonds. The zero-order chi connectivity index (χ0) is 14.2. The minimum Gasteiger partial charge on any atom is -0.320 e. The molecule has 20 heavy (non-hydrogen) atoms. The monoisotopic (exact) mass is 296 g/mol. The lowest BCUT2D eigenvalue weighted by Gasteiger charge is -2.13. The summed E-state index contributed by atoms with van der Waals surface area (Å²) in [6.07, 6.45) is -2.59. The molecule has 1 aliphatic heterocycles. The first-order valence-corrected chi connectivity index (χ1v) is 6.87. The number of benzene rings is 1. The molecule has 2 aromatic rings. The molecule has 2 heterocycles. The predicted molar refractivity (Wildman–Crippen MR) is 72.8 cm³/mol. The van der Waals surface area contributed by atoms with E-state index in [0.717, 1.165) is 10.9 Å². The Morgan fingerprint density at radius 2 is 1.85 bits per heavy atom. The van der Waals surface area contributed by atoms with Crippen molar-refractivity contribution >= 4 is 17.0 Å². The van der Waals surface area contributed by atoms with Crippen LogP contribution in [0.3, 0.4) is 0 Å². The summed E-state index contributed by atoms with van der Waals surface area (Å²) in [6, 6.07) is 9.32. The van der Waals surface area contributed by atoms with Crippen LogP contribution < -0.4 is 10.9 Å². The number of halogens is 3. The first kappa shape index (κ1) is 13.2. The number of alkyl halides is 3. The van der Waals surface area contributed by atoms with Gasteiger partial charge < -0.3 is 5.43 Å². The SMILES string of the molecule is FC(F)(F)c1ccccc1C1=CC(c2cccs2)NN1. The number of thiophene rings is 1. The van der Waals surface area contributed by atoms with Crippen molar-refractivity contribution in [2.75, 3.05) is 0 Å². The second-order valence-electron chi connectivity index (χ2n) is 4.39. The van der Waals surface area contributed by atoms with Crippen LogP contribution in [0.1, 0.15) is 22.0 Å². The van der Waals surface area contributed by atoms with Crippen molar-refractivity contribution in [1.82, 2.24) is 10.9 Å². The molecular weight excluding hydrogens is 285 g/mol. The summed E-state index contributed by atoms with van der Waals surface area (Å²) < 4.78 is 39.0. The minimum atomic E-state index is -4.36. The highest BCUT2D eigenvalue weighted by atomic mass is 32.1. The molecule has 0 bridgehead atoms. The van der Waals surface area contributed by atoms with Gasteiger partial charge in [-0.05, 0) is 23.6 Å². The lowest BCUT2D eigenvalue weighted by Crippen LogP contribution is -2.26. The van der Waals surface area contributed by atoms with Crippen LogP contribution in [0.15, 0.2) is 47.9 Å². The van der Waals surface area contributed by atoms with E-state index in [1.54, 1.807) is 23.5 Å². The van der Waals surface area contributed by atoms with Gasteiger partial charge in [0, 0.05) is 10.4 Å². The van der Waals surface area contributed by atoms with E-state index in [4.69, 9.17) is 0 Å². The zero-order valence-corrected chi connectivity index (χ0v) is 11.1. The van der Waals surface area contributed by atoms with Gasteiger partial charge in [0.2, 0.25) is 0 Å². The van der Waals surface area contributed by atoms with Crippen molar-refractivity contribution in [3.8, 4) is 0 Å². The second kappa shape index (κ2) is 4.96. The van der Waals surface area contributed by atoms with Crippen LogP contribution in [-0.4, -0.2) is 0 Å². The van der Waals surface area contributed by atoms with E-state index < -0.39 is 11.7 Å². The third-order valence-corrected chi connectivity index (χ3v) is 4.02. The van der Waals surface area contributed by atoms with Crippen molar-refractivity contribution in [1.29, 1.82) is 0 Å². The van der Waals surface area contributed by atoms with Crippen molar-refractivity contribution in [3.05, 3.63) is 63.9 Å². The van der Waals surface area contributed by atoms with E-state index in [1.165, 1.54) is 12.1 Å². The van der Waals surface area contributed by atoms with Crippen molar-refractivity contribution in [2.24, 2.45) is 0 Å². The van der Waals surface area contributed by atoms with E-state index in [2.05, 4.69) is 10.9 Å². The highest BCUT2D eigenvalue weighted by Gasteiger charge is 2.34. The molecule has 3 rings (SSSR count). The van der Waals surface area contributed by atoms with E-state index in [9.17, 15) is 13.2 Å². The molecule has 2 nitrogen and oxygen atoms in total. The molecule has 1 aromatic carbocycles. The van der Waals surface area contributed by atoms with Crippen LogP contribution in [0.4, 0.5) is 13.2 Å². The molecule has 0 saturated carbocycles. The van der Waals surface area contributed by atoms with E-state index >= 15 is 0 Å². The molecule has 104 valence electrons. The third kappa shape index (κ3) is 2.44. The van der Waals surface area contributed by atoms with Gasteiger partial charge in [0.15, 0.2) is 0 Å². The lowest BCUT2D eigenvalue weighted by atomic mass is 10.0. The predicted octanol–water partition coefficient (Wildman–Crippen LogP) is 3.96. The van der Waals surface area contributed by atoms with Crippen LogP contribution in [-0.2, 0) is 6.18 Å². The fourth-order valence-electron chi connectivity index (χ4n) is 2.15. The Bertz CT molecular complexity index is 632. The molecule has 0 fully saturated rings. The Morgan fingerprint density at radius 1 is 1.05 bits per heavy atom. The summed E-state index contributed by atoms with van der Waals surface area (Å²) in [4.78, 5) is 1.05. The van der Waals surface area contributed by atoms with Gasteiger partial charge >= 0.3 is 6.18 Å². The Labute approximate surface area is 117 Å². The second-order valence-corrected chi connectivity index (χ2v) is 5.37. The Kier molecular flexibility index (Phi) is 3.27. The summed E-state index contributed by atoms with van der Waals surface area (Å²) in [6.45, 7) is 0. The van der Waals surface area contributed by atoms with Gasteiger partial charge in [-0.15, -0.1) is 11.3 Å². The number of hydrogen-bond acceptors (Lipinski definition) is 3. The molecule has 0 spiro atoms. The van der Waals surface area contributed by atoms with Gasteiger partial charge in [-0.1, -0.05) is 24.3 Å². The van der Waals surface area contributed by atoms with Crippen LogP contribution in [0.2, 0.25) is 0 Å². The smallest absolute Gasteiger partial charge is 0.320 e. The highest BCUT2D eigenvalue weighted by molar-refractivity contribution is 7.10. The van der Waals surface area contributed by atoms with Gasteiger partial charge in [0.25, 0.3) is 0 Å². The van der Waals surface area contributed by atoms with Crippen molar-refractivity contribution in [2.45, 2.75) is 12.2 Å². The molecule has 0 saturated heterocycles. The molecule has 1 aromatic heterocycles. The van der Waals surface area contributed by atoms with Gasteiger partial charge in [0.1, 0.15) is 0 Å². The van der Waals surface area contributed by atoms with E-state index in [0.29, 0.717) is 5.70 Å². The first-order valence-electron chi connectivity index (χ1n) is 5.99. The van der Waals surface area contributed by atoms with Gasteiger partial charge in [0.05, 0.1) is 17.3 Å². The maximum Gasteiger partial charge on any atom is 0.417 e. The van der Waals surface area contributed by atoms with E-state index in [1.807, 2.05) is 17.5 Å². The van der Waals surface area contributed by atoms with Crippen LogP contribution >= 0.6 is 11.3 Å². The molecule has 1 atom stereocenters. The third-order valence-electron chi connectivity index (χ3n) is 3.07. The fraction of sp³-hybridized carbons (Fsp3) is 0.143. The highest BCUT2D eigenvalue weighted by Crippen LogP contribution is 2.36. The van der Waals surface area contributed by atoms with Crippen molar-refractivity contribution in [3.63, 3.8) is 0 Å². The molecule has 1 aliphatic rings. The average molecular weight is 296 g/mol. The topological polar surface area (TPSA) is 24.1 Å². The van der Waals surface area contributed by atoms with Crippen molar-refractivity contribution < 1.29 is 13.2 Å². The summed E-state index contributed by atoms with van der Waals surface area (Å²) >= 11 is 1.56. The lowest BCUT2D eigenvalue weighted by molar-refractivity contribution is -0.137. The molecule has 1 unspecified atom stereocenters. The van der Waals surface area contributed by atoms with Gasteiger partial charge in [-0.3, -0.25) is 0 Å². The van der Waals surface area contributed by atoms with E-state index in [-0.39, 0.29) is 11.6 Å². The number of rotatable bonds is 2. The average Bonchev–Trinajstić information content (AvgIpc) is 3.09. The summed E-state index contributed by atoms with van der Waals surface area (Å²) in [7, 11) is 0. The Morgan fingerprint density at radius 3 is 2.55 bits per heavy atom. The normalized spacial score (nSPS) is 18.8. The molecule has 0 aliphatic carbocycles. The number of hydrazine groups is 1. The molecule has 2 N–H and O–H groups in total. The minimum absolute atomic E-state index is 0.105. The van der Waals surface area contributed by atoms with Crippen LogP contribution in [0, 0.1) is 0 Å². The maximum absolute atomic E-state index is 13.0. The maximum atomic E-state index is 13.0. The Balaban J connectivity index is 1.97. The van der Waals surface area contributed by atoms with Gasteiger partial charge in [-0.2, -0.15) is 13.2 Å². The molecule has 0 radical (unpaired) electrons. The number of nitrogens with one attached hydrogen (secondary N) is 2. The summed E-state index contributed by atoms with van der Waals surface area (Å²) in [5.74, 6) is 0. The summed E-state index contributed by atoms with van der Waals surface area (Å²) in [5.41, 5.74) is 5.81. The number of hydrogen-bond donors (Lipinski definition) is 2. The quantitative estimate of drug-likeness (QED) is 0.876. The molecular formula is C14H11F3N2S. The van der Waals surface area contributed by atoms with Crippen LogP contribution in [0.25, 0.3) is 5.70 Å². The first-order chi connectivity index (χ1) is 9.55. The fourth-order valence-corrected chi connectivity index (χ4v) is 2.89. The van der Waals surface area contributed by atoms with Crippen LogP contribution in [0.5, 0.6) is 0 Å². The Hall–Kier alpha value is -1.79. The summed E-state index contributed by atoms with van der Waals surface area (Å²) in [5, 5.41) is 1.94. The zero-order valence-electron chi connectivity index (χ0n) is 10.2. The standard InChI is InChI=1S/C14H11F3N2S/c15-14(16,17)10-5-2-1-4-9(10)11-8-12(19-18-11)13-6-3-7-20-13/h1-8,12,18-19H. The molecule has 6 heteroatoms.